The summed E-state index contributed by atoms with van der Waals surface area (Å²) in [4.78, 5) is 10.9. The maximum absolute atomic E-state index is 10.9. The Kier molecular flexibility index (Phi) is 2.65. The van der Waals surface area contributed by atoms with Crippen LogP contribution in [0.5, 0.6) is 0 Å². The summed E-state index contributed by atoms with van der Waals surface area (Å²) in [7, 11) is -4.15. The summed E-state index contributed by atoms with van der Waals surface area (Å²) in [5.41, 5.74) is 0. The minimum Gasteiger partial charge on any atom is -0.333 e. The molecule has 1 aliphatic rings. The fourth-order valence-corrected chi connectivity index (χ4v) is 1.40. The number of hydrogen-bond acceptors (Lipinski definition) is 5. The van der Waals surface area contributed by atoms with Crippen LogP contribution in [0.25, 0.3) is 0 Å². The molecule has 1 heterocycles. The summed E-state index contributed by atoms with van der Waals surface area (Å²) in [6.45, 7) is 0.699. The number of hydrogen-bond donors (Lipinski definition) is 2. The summed E-state index contributed by atoms with van der Waals surface area (Å²) < 4.78 is 24.6. The summed E-state index contributed by atoms with van der Waals surface area (Å²) in [5, 5.41) is 7.29. The minimum atomic E-state index is -4.15. The molecule has 1 atom stereocenters. The first-order valence-corrected chi connectivity index (χ1v) is 4.95. The Morgan fingerprint density at radius 3 is 2.67 bits per heavy atom. The van der Waals surface area contributed by atoms with E-state index >= 15 is 0 Å². The minimum absolute atomic E-state index is 0.525. The first-order valence-electron chi connectivity index (χ1n) is 3.48. The molecule has 1 rings (SSSR count). The highest BCUT2D eigenvalue weighted by Gasteiger charge is 2.26. The van der Waals surface area contributed by atoms with Crippen LogP contribution >= 0.6 is 0 Å². The van der Waals surface area contributed by atoms with E-state index in [1.54, 1.807) is 0 Å². The fraction of sp³-hybridized carbons (Fsp3) is 0.800. The van der Waals surface area contributed by atoms with Gasteiger partial charge in [0.05, 0.1) is 0 Å². The molecular weight excluding hydrogens is 184 g/mol. The normalized spacial score (nSPS) is 23.9. The van der Waals surface area contributed by atoms with Crippen LogP contribution in [0.4, 0.5) is 0 Å². The lowest BCUT2D eigenvalue weighted by atomic mass is 10.2. The van der Waals surface area contributed by atoms with Crippen LogP contribution in [0.2, 0.25) is 0 Å². The molecule has 3 N–H and O–H groups in total. The van der Waals surface area contributed by atoms with Crippen LogP contribution < -0.4 is 10.5 Å². The SMILES string of the molecule is NS(=O)(=O)OC(=O)[C@@H]1CCCN1. The van der Waals surface area contributed by atoms with Gasteiger partial charge in [0.25, 0.3) is 0 Å². The molecule has 0 aromatic carbocycles. The van der Waals surface area contributed by atoms with Crippen molar-refractivity contribution in [3.8, 4) is 0 Å². The lowest BCUT2D eigenvalue weighted by Crippen LogP contribution is -2.35. The Bertz CT molecular complexity index is 267. The van der Waals surface area contributed by atoms with Crippen LogP contribution in [-0.2, 0) is 19.3 Å². The molecule has 1 aliphatic heterocycles. The average molecular weight is 194 g/mol. The lowest BCUT2D eigenvalue weighted by Gasteiger charge is -2.06. The van der Waals surface area contributed by atoms with Gasteiger partial charge in [-0.1, -0.05) is 0 Å². The zero-order valence-corrected chi connectivity index (χ0v) is 7.13. The molecule has 0 aromatic heterocycles. The maximum Gasteiger partial charge on any atom is 0.382 e. The zero-order chi connectivity index (χ0) is 9.19. The molecule has 0 aromatic rings. The van der Waals surface area contributed by atoms with Crippen LogP contribution in [0.1, 0.15) is 12.8 Å². The van der Waals surface area contributed by atoms with Gasteiger partial charge in [0, 0.05) is 0 Å². The molecule has 7 heteroatoms. The van der Waals surface area contributed by atoms with Crippen molar-refractivity contribution < 1.29 is 17.4 Å². The van der Waals surface area contributed by atoms with Crippen molar-refractivity contribution in [2.24, 2.45) is 5.14 Å². The fourth-order valence-electron chi connectivity index (χ4n) is 1.06. The molecular formula is C5H10N2O4S. The first-order chi connectivity index (χ1) is 5.49. The van der Waals surface area contributed by atoms with E-state index in [0.29, 0.717) is 13.0 Å². The van der Waals surface area contributed by atoms with Gasteiger partial charge in [-0.2, -0.15) is 13.6 Å². The van der Waals surface area contributed by atoms with Crippen molar-refractivity contribution >= 4 is 16.3 Å². The van der Waals surface area contributed by atoms with Crippen LogP contribution in [0.3, 0.4) is 0 Å². The maximum atomic E-state index is 10.9. The molecule has 70 valence electrons. The second-order valence-corrected chi connectivity index (χ2v) is 3.70. The Morgan fingerprint density at radius 1 is 1.58 bits per heavy atom. The molecule has 0 bridgehead atoms. The van der Waals surface area contributed by atoms with Gasteiger partial charge in [0.15, 0.2) is 0 Å². The van der Waals surface area contributed by atoms with Crippen LogP contribution in [-0.4, -0.2) is 27.0 Å². The molecule has 0 amide bonds. The van der Waals surface area contributed by atoms with E-state index in [-0.39, 0.29) is 0 Å². The van der Waals surface area contributed by atoms with Crippen molar-refractivity contribution in [2.45, 2.75) is 18.9 Å². The molecule has 12 heavy (non-hydrogen) atoms. The number of carbonyl (C=O) groups is 1. The monoisotopic (exact) mass is 194 g/mol. The number of carbonyl (C=O) groups excluding carboxylic acids is 1. The van der Waals surface area contributed by atoms with E-state index in [1.165, 1.54) is 0 Å². The predicted molar refractivity (Wildman–Crippen MR) is 40.2 cm³/mol. The smallest absolute Gasteiger partial charge is 0.333 e. The van der Waals surface area contributed by atoms with Gasteiger partial charge in [-0.15, -0.1) is 0 Å². The third-order valence-corrected chi connectivity index (χ3v) is 1.94. The van der Waals surface area contributed by atoms with Gasteiger partial charge < -0.3 is 9.50 Å². The van der Waals surface area contributed by atoms with Crippen LogP contribution in [0.15, 0.2) is 0 Å². The molecule has 0 unspecified atom stereocenters. The zero-order valence-electron chi connectivity index (χ0n) is 6.32. The molecule has 0 spiro atoms. The second-order valence-electron chi connectivity index (χ2n) is 2.54. The Hall–Kier alpha value is -0.660. The van der Waals surface area contributed by atoms with E-state index in [2.05, 4.69) is 14.6 Å². The summed E-state index contributed by atoms with van der Waals surface area (Å²) >= 11 is 0. The number of nitrogens with one attached hydrogen (secondary N) is 1. The van der Waals surface area contributed by atoms with E-state index in [1.807, 2.05) is 0 Å². The van der Waals surface area contributed by atoms with Crippen molar-refractivity contribution in [1.29, 1.82) is 0 Å². The Labute approximate surface area is 70.3 Å². The second kappa shape index (κ2) is 3.38. The van der Waals surface area contributed by atoms with Gasteiger partial charge >= 0.3 is 16.3 Å². The van der Waals surface area contributed by atoms with Gasteiger partial charge in [-0.3, -0.25) is 0 Å². The topological polar surface area (TPSA) is 98.5 Å². The molecule has 1 fully saturated rings. The predicted octanol–water partition coefficient (Wildman–Crippen LogP) is -1.51. The van der Waals surface area contributed by atoms with Gasteiger partial charge in [0.2, 0.25) is 0 Å². The highest BCUT2D eigenvalue weighted by molar-refractivity contribution is 7.84. The summed E-state index contributed by atoms with van der Waals surface area (Å²) in [6, 6.07) is -0.525. The van der Waals surface area contributed by atoms with E-state index in [9.17, 15) is 13.2 Å². The van der Waals surface area contributed by atoms with Crippen molar-refractivity contribution in [2.75, 3.05) is 6.54 Å². The van der Waals surface area contributed by atoms with E-state index in [0.717, 1.165) is 6.42 Å². The largest absolute Gasteiger partial charge is 0.382 e. The lowest BCUT2D eigenvalue weighted by molar-refractivity contribution is -0.135. The van der Waals surface area contributed by atoms with Gasteiger partial charge in [0.1, 0.15) is 6.04 Å². The molecule has 0 aliphatic carbocycles. The molecule has 0 radical (unpaired) electrons. The standard InChI is InChI=1S/C5H10N2O4S/c6-12(9,10)11-5(8)4-2-1-3-7-4/h4,7H,1-3H2,(H2,6,9,10)/t4-/m0/s1. The quantitative estimate of drug-likeness (QED) is 0.556. The van der Waals surface area contributed by atoms with Crippen molar-refractivity contribution in [3.05, 3.63) is 0 Å². The number of rotatable bonds is 2. The highest BCUT2D eigenvalue weighted by Crippen LogP contribution is 2.06. The average Bonchev–Trinajstić information content (AvgIpc) is 2.32. The van der Waals surface area contributed by atoms with Gasteiger partial charge in [-0.25, -0.2) is 4.79 Å². The molecule has 0 saturated carbocycles. The molecule has 6 nitrogen and oxygen atoms in total. The van der Waals surface area contributed by atoms with Crippen molar-refractivity contribution in [3.63, 3.8) is 0 Å². The van der Waals surface area contributed by atoms with E-state index in [4.69, 9.17) is 0 Å². The summed E-state index contributed by atoms with van der Waals surface area (Å²) in [5.74, 6) is -0.824. The molecule has 1 saturated heterocycles. The van der Waals surface area contributed by atoms with Crippen LogP contribution in [0, 0.1) is 0 Å². The number of nitrogens with two attached hydrogens (primary N) is 1. The van der Waals surface area contributed by atoms with Gasteiger partial charge in [-0.05, 0) is 19.4 Å². The third-order valence-electron chi connectivity index (χ3n) is 1.54. The third kappa shape index (κ3) is 2.76. The summed E-state index contributed by atoms with van der Waals surface area (Å²) in [6.07, 6.45) is 1.43. The Balaban J connectivity index is 2.48. The van der Waals surface area contributed by atoms with Crippen molar-refractivity contribution in [1.82, 2.24) is 5.32 Å². The Morgan fingerprint density at radius 2 is 2.25 bits per heavy atom. The highest BCUT2D eigenvalue weighted by atomic mass is 32.2. The van der Waals surface area contributed by atoms with E-state index < -0.39 is 22.3 Å². The first kappa shape index (κ1) is 9.43.